The summed E-state index contributed by atoms with van der Waals surface area (Å²) in [6.07, 6.45) is 1.69. The molecule has 2 N–H and O–H groups in total. The first-order chi connectivity index (χ1) is 16.7. The van der Waals surface area contributed by atoms with E-state index in [-0.39, 0.29) is 39.4 Å². The van der Waals surface area contributed by atoms with Gasteiger partial charge in [-0.05, 0) is 12.1 Å². The average molecular weight is 559 g/mol. The fraction of sp³-hybridized carbons (Fsp3) is 0.160. The van der Waals surface area contributed by atoms with Crippen LogP contribution in [0.4, 0.5) is 10.1 Å². The van der Waals surface area contributed by atoms with Crippen molar-refractivity contribution in [1.82, 2.24) is 8.55 Å². The van der Waals surface area contributed by atoms with Crippen LogP contribution >= 0.6 is 11.6 Å². The van der Waals surface area contributed by atoms with Gasteiger partial charge in [-0.25, -0.2) is 0 Å². The van der Waals surface area contributed by atoms with Gasteiger partial charge in [0.2, 0.25) is 0 Å². The van der Waals surface area contributed by atoms with Gasteiger partial charge in [-0.3, -0.25) is 0 Å². The minimum atomic E-state index is -0.525. The molecule has 2 aromatic heterocycles. The summed E-state index contributed by atoms with van der Waals surface area (Å²) in [5.74, 6) is -1.23. The zero-order valence-corrected chi connectivity index (χ0v) is 21.2. The van der Waals surface area contributed by atoms with E-state index in [0.717, 1.165) is 4.26 Å². The van der Waals surface area contributed by atoms with E-state index < -0.39 is 11.8 Å². The van der Waals surface area contributed by atoms with Crippen LogP contribution in [-0.2, 0) is 16.1 Å². The van der Waals surface area contributed by atoms with Crippen molar-refractivity contribution >= 4 is 65.2 Å². The first-order valence-corrected chi connectivity index (χ1v) is 12.7. The van der Waals surface area contributed by atoms with Crippen molar-refractivity contribution in [2.24, 2.45) is 0 Å². The number of H-pyrrole nitrogens is 1. The molecule has 178 valence electrons. The molecule has 4 aromatic rings. The topological polar surface area (TPSA) is 93.2 Å². The number of hydrogen-bond acceptors (Lipinski definition) is 4. The van der Waals surface area contributed by atoms with Crippen molar-refractivity contribution in [2.45, 2.75) is 20.4 Å². The zero-order valence-electron chi connectivity index (χ0n) is 18.7. The van der Waals surface area contributed by atoms with Crippen molar-refractivity contribution in [2.75, 3.05) is 11.9 Å². The Kier molecular flexibility index (Phi) is 6.00. The summed E-state index contributed by atoms with van der Waals surface area (Å²) in [5, 5.41) is 3.68. The average Bonchev–Trinajstić information content (AvgIpc) is 3.39. The van der Waals surface area contributed by atoms with Crippen LogP contribution in [0, 0.1) is 19.7 Å². The fourth-order valence-electron chi connectivity index (χ4n) is 4.16. The summed E-state index contributed by atoms with van der Waals surface area (Å²) in [6.45, 7) is 3.76. The van der Waals surface area contributed by atoms with E-state index in [4.69, 9.17) is 16.3 Å². The zero-order chi connectivity index (χ0) is 24.9. The Bertz CT molecular complexity index is 1610. The molecule has 35 heavy (non-hydrogen) atoms. The van der Waals surface area contributed by atoms with Gasteiger partial charge < -0.3 is 0 Å². The molecule has 0 fully saturated rings. The minimum absolute atomic E-state index is 0.0115. The molecule has 0 aliphatic carbocycles. The van der Waals surface area contributed by atoms with Crippen LogP contribution in [0.15, 0.2) is 41.2 Å². The van der Waals surface area contributed by atoms with E-state index in [1.807, 2.05) is 0 Å². The molecule has 10 heteroatoms. The number of amides is 1. The number of nitrogens with zero attached hydrogens (tertiary/aromatic N) is 1. The molecule has 0 atom stereocenters. The SMILES string of the molecule is Cc1[nH]c(/C=C2\C(=O)Nc3ccc(Cl)cc32)c(C)c1C(=O)OCCn1[se]c2ccc(F)cc2c1=O. The van der Waals surface area contributed by atoms with Crippen LogP contribution in [0.3, 0.4) is 0 Å². The Balaban J connectivity index is 1.34. The van der Waals surface area contributed by atoms with E-state index in [1.54, 1.807) is 47.8 Å². The molecular weight excluding hydrogens is 540 g/mol. The summed E-state index contributed by atoms with van der Waals surface area (Å²) in [5.41, 5.74) is 3.80. The number of ether oxygens (including phenoxy) is 1. The van der Waals surface area contributed by atoms with Gasteiger partial charge in [-0.15, -0.1) is 0 Å². The van der Waals surface area contributed by atoms with Gasteiger partial charge in [0.15, 0.2) is 0 Å². The molecule has 2 aromatic carbocycles. The molecule has 0 unspecified atom stereocenters. The van der Waals surface area contributed by atoms with Gasteiger partial charge in [0, 0.05) is 5.02 Å². The number of rotatable bonds is 5. The fourth-order valence-corrected chi connectivity index (χ4v) is 6.34. The standard InChI is InChI=1S/C25H19ClFN3O4Se/c1-12-20(11-17-16-9-14(26)3-5-19(16)29-23(17)31)28-13(2)22(12)25(33)34-8-7-30-24(32)18-10-15(27)4-6-21(18)35-30/h3-6,9-11,28H,7-8H2,1-2H3,(H,29,31)/b17-11-. The number of benzene rings is 2. The van der Waals surface area contributed by atoms with Gasteiger partial charge >= 0.3 is 182 Å². The molecule has 5 rings (SSSR count). The van der Waals surface area contributed by atoms with Crippen molar-refractivity contribution in [3.8, 4) is 0 Å². The number of aryl methyl sites for hydroxylation is 1. The van der Waals surface area contributed by atoms with Crippen LogP contribution in [-0.4, -0.2) is 41.8 Å². The number of carbonyl (C=O) groups excluding carboxylic acids is 2. The van der Waals surface area contributed by atoms with Gasteiger partial charge in [0.05, 0.1) is 0 Å². The van der Waals surface area contributed by atoms with E-state index >= 15 is 0 Å². The second kappa shape index (κ2) is 9.00. The first kappa shape index (κ1) is 23.4. The molecule has 0 bridgehead atoms. The van der Waals surface area contributed by atoms with Gasteiger partial charge in [0.1, 0.15) is 0 Å². The van der Waals surface area contributed by atoms with Crippen LogP contribution in [0.25, 0.3) is 21.3 Å². The number of anilines is 1. The summed E-state index contributed by atoms with van der Waals surface area (Å²) in [7, 11) is 0. The second-order valence-electron chi connectivity index (χ2n) is 8.14. The molecular formula is C25H19ClFN3O4Se. The number of nitrogens with one attached hydrogen (secondary N) is 2. The van der Waals surface area contributed by atoms with Gasteiger partial charge in [-0.2, -0.15) is 0 Å². The second-order valence-corrected chi connectivity index (χ2v) is 10.8. The Morgan fingerprint density at radius 1 is 1.20 bits per heavy atom. The van der Waals surface area contributed by atoms with Crippen molar-refractivity contribution in [1.29, 1.82) is 0 Å². The quantitative estimate of drug-likeness (QED) is 0.219. The normalized spacial score (nSPS) is 13.9. The molecule has 0 radical (unpaired) electrons. The summed E-state index contributed by atoms with van der Waals surface area (Å²) < 4.78 is 21.3. The summed E-state index contributed by atoms with van der Waals surface area (Å²) in [6, 6.07) is 9.36. The molecule has 1 aliphatic rings. The third-order valence-corrected chi connectivity index (χ3v) is 8.46. The van der Waals surface area contributed by atoms with E-state index in [9.17, 15) is 18.8 Å². The molecule has 0 spiro atoms. The number of halogens is 2. The number of esters is 1. The molecule has 1 amide bonds. The molecule has 0 saturated heterocycles. The number of fused-ring (bicyclic) bond motifs is 2. The number of hydrogen-bond donors (Lipinski definition) is 2. The van der Waals surface area contributed by atoms with Crippen molar-refractivity contribution < 1.29 is 18.7 Å². The molecule has 3 heterocycles. The molecule has 0 saturated carbocycles. The maximum atomic E-state index is 13.5. The molecule has 1 aliphatic heterocycles. The predicted octanol–water partition coefficient (Wildman–Crippen LogP) is 4.15. The Labute approximate surface area is 210 Å². The third-order valence-electron chi connectivity index (χ3n) is 5.87. The van der Waals surface area contributed by atoms with Crippen LogP contribution in [0.1, 0.15) is 32.9 Å². The maximum absolute atomic E-state index is 13.5. The molecule has 7 nitrogen and oxygen atoms in total. The Hall–Kier alpha value is -3.39. The van der Waals surface area contributed by atoms with E-state index in [2.05, 4.69) is 10.3 Å². The summed E-state index contributed by atoms with van der Waals surface area (Å²) in [4.78, 5) is 41.0. The van der Waals surface area contributed by atoms with Gasteiger partial charge in [-0.1, -0.05) is 11.6 Å². The monoisotopic (exact) mass is 559 g/mol. The van der Waals surface area contributed by atoms with Gasteiger partial charge in [0.25, 0.3) is 0 Å². The van der Waals surface area contributed by atoms with Crippen LogP contribution in [0.2, 0.25) is 5.02 Å². The van der Waals surface area contributed by atoms with Crippen LogP contribution in [0.5, 0.6) is 0 Å². The Morgan fingerprint density at radius 3 is 2.80 bits per heavy atom. The predicted molar refractivity (Wildman–Crippen MR) is 134 cm³/mol. The van der Waals surface area contributed by atoms with Crippen LogP contribution < -0.4 is 10.9 Å². The first-order valence-electron chi connectivity index (χ1n) is 10.7. The van der Waals surface area contributed by atoms with E-state index in [0.29, 0.717) is 49.7 Å². The van der Waals surface area contributed by atoms with Crippen molar-refractivity contribution in [3.05, 3.63) is 85.7 Å². The number of aromatic amines is 1. The summed E-state index contributed by atoms with van der Waals surface area (Å²) >= 11 is 5.82. The number of aromatic nitrogens is 2. The van der Waals surface area contributed by atoms with Crippen molar-refractivity contribution in [3.63, 3.8) is 0 Å². The van der Waals surface area contributed by atoms with E-state index in [1.165, 1.54) is 12.1 Å². The Morgan fingerprint density at radius 2 is 2.00 bits per heavy atom. The third kappa shape index (κ3) is 4.27. The number of carbonyl (C=O) groups is 2.